The first-order valence-electron chi connectivity index (χ1n) is 10.5. The Morgan fingerprint density at radius 3 is 2.37 bits per heavy atom. The van der Waals surface area contributed by atoms with E-state index in [9.17, 15) is 4.79 Å². The van der Waals surface area contributed by atoms with Crippen molar-refractivity contribution in [3.8, 4) is 5.75 Å². The normalized spacial score (nSPS) is 34.0. The van der Waals surface area contributed by atoms with Crippen molar-refractivity contribution >= 4 is 16.7 Å². The molecule has 4 saturated carbocycles. The van der Waals surface area contributed by atoms with Crippen LogP contribution in [0.2, 0.25) is 0 Å². The van der Waals surface area contributed by atoms with Crippen molar-refractivity contribution in [1.82, 2.24) is 5.32 Å². The van der Waals surface area contributed by atoms with E-state index >= 15 is 0 Å². The molecule has 1 amide bonds. The summed E-state index contributed by atoms with van der Waals surface area (Å²) in [4.78, 5) is 12.4. The highest BCUT2D eigenvalue weighted by atomic mass is 16.5. The van der Waals surface area contributed by atoms with Crippen LogP contribution in [0.3, 0.4) is 0 Å². The Morgan fingerprint density at radius 2 is 1.67 bits per heavy atom. The monoisotopic (exact) mass is 363 g/mol. The Labute approximate surface area is 161 Å². The van der Waals surface area contributed by atoms with Crippen LogP contribution in [-0.2, 0) is 4.79 Å². The molecule has 0 heterocycles. The van der Waals surface area contributed by atoms with Crippen molar-refractivity contribution in [2.24, 2.45) is 29.1 Å². The molecular weight excluding hydrogens is 334 g/mol. The Morgan fingerprint density at radius 1 is 1.00 bits per heavy atom. The van der Waals surface area contributed by atoms with E-state index in [-0.39, 0.29) is 17.9 Å². The average molecular weight is 364 g/mol. The van der Waals surface area contributed by atoms with Gasteiger partial charge in [-0.05, 0) is 84.1 Å². The van der Waals surface area contributed by atoms with Gasteiger partial charge in [0.25, 0.3) is 5.91 Å². The fraction of sp³-hybridized carbons (Fsp3) is 0.542. The van der Waals surface area contributed by atoms with E-state index in [4.69, 9.17) is 4.74 Å². The zero-order valence-corrected chi connectivity index (χ0v) is 16.1. The van der Waals surface area contributed by atoms with Crippen molar-refractivity contribution in [3.63, 3.8) is 0 Å². The first-order chi connectivity index (χ1) is 13.1. The van der Waals surface area contributed by atoms with Crippen molar-refractivity contribution in [2.45, 2.75) is 39.0 Å². The summed E-state index contributed by atoms with van der Waals surface area (Å²) in [5.74, 6) is 4.29. The first kappa shape index (κ1) is 17.1. The van der Waals surface area contributed by atoms with Crippen molar-refractivity contribution in [1.29, 1.82) is 0 Å². The number of hydrogen-bond acceptors (Lipinski definition) is 2. The number of rotatable bonds is 5. The van der Waals surface area contributed by atoms with Gasteiger partial charge in [0, 0.05) is 6.54 Å². The number of carbonyl (C=O) groups excluding carboxylic acids is 1. The first-order valence-corrected chi connectivity index (χ1v) is 10.5. The molecule has 4 fully saturated rings. The second kappa shape index (κ2) is 6.54. The molecule has 4 aliphatic rings. The molecule has 0 aromatic heterocycles. The summed E-state index contributed by atoms with van der Waals surface area (Å²) in [6.45, 7) is 3.32. The van der Waals surface area contributed by atoms with Crippen molar-refractivity contribution in [3.05, 3.63) is 42.5 Å². The maximum Gasteiger partial charge on any atom is 0.257 e. The van der Waals surface area contributed by atoms with E-state index in [0.29, 0.717) is 0 Å². The number of hydrogen-bond donors (Lipinski definition) is 1. The van der Waals surface area contributed by atoms with Gasteiger partial charge in [-0.1, -0.05) is 37.3 Å². The number of carbonyl (C=O) groups is 1. The topological polar surface area (TPSA) is 38.3 Å². The maximum absolute atomic E-state index is 12.4. The molecule has 0 spiro atoms. The van der Waals surface area contributed by atoms with Crippen LogP contribution in [0, 0.1) is 29.1 Å². The van der Waals surface area contributed by atoms with Gasteiger partial charge in [0.1, 0.15) is 5.75 Å². The molecule has 4 bridgehead atoms. The highest BCUT2D eigenvalue weighted by Gasteiger charge is 2.54. The van der Waals surface area contributed by atoms with Crippen LogP contribution in [0.4, 0.5) is 0 Å². The predicted octanol–water partition coefficient (Wildman–Crippen LogP) is 4.80. The van der Waals surface area contributed by atoms with E-state index in [0.717, 1.165) is 41.4 Å². The molecule has 6 rings (SSSR count). The molecule has 142 valence electrons. The largest absolute Gasteiger partial charge is 0.484 e. The second-order valence-electron chi connectivity index (χ2n) is 9.38. The second-order valence-corrected chi connectivity index (χ2v) is 9.38. The molecule has 2 aromatic rings. The molecule has 1 N–H and O–H groups in total. The van der Waals surface area contributed by atoms with Gasteiger partial charge in [-0.25, -0.2) is 0 Å². The summed E-state index contributed by atoms with van der Waals surface area (Å²) in [7, 11) is 0. The van der Waals surface area contributed by atoms with E-state index in [1.807, 2.05) is 30.3 Å². The highest BCUT2D eigenvalue weighted by molar-refractivity contribution is 5.84. The van der Waals surface area contributed by atoms with E-state index in [2.05, 4.69) is 24.4 Å². The van der Waals surface area contributed by atoms with Crippen LogP contribution in [0.1, 0.15) is 39.0 Å². The summed E-state index contributed by atoms with van der Waals surface area (Å²) in [5, 5.41) is 5.51. The Bertz CT molecular complexity index is 830. The van der Waals surface area contributed by atoms with E-state index in [1.165, 1.54) is 37.5 Å². The SMILES string of the molecule is CC1(CNC(=O)COc2ccc3ccccc3c2)C2CC3CC(C2)CC1C3. The molecule has 3 nitrogen and oxygen atoms in total. The molecular formula is C24H29NO2. The van der Waals surface area contributed by atoms with Gasteiger partial charge >= 0.3 is 0 Å². The third-order valence-electron chi connectivity index (χ3n) is 7.76. The minimum absolute atomic E-state index is 0.00168. The standard InChI is InChI=1S/C24H29NO2/c1-24(20-9-16-8-17(11-20)12-21(24)10-16)15-25-23(26)14-27-22-7-6-18-4-2-3-5-19(18)13-22/h2-7,13,16-17,20-21H,8-12,14-15H2,1H3,(H,25,26). The highest BCUT2D eigenvalue weighted by Crippen LogP contribution is 2.61. The van der Waals surface area contributed by atoms with Gasteiger partial charge in [0.2, 0.25) is 0 Å². The lowest BCUT2D eigenvalue weighted by Gasteiger charge is -2.60. The molecule has 0 aliphatic heterocycles. The molecule has 0 unspecified atom stereocenters. The molecule has 0 radical (unpaired) electrons. The van der Waals surface area contributed by atoms with E-state index in [1.54, 1.807) is 0 Å². The average Bonchev–Trinajstić information content (AvgIpc) is 2.68. The number of nitrogens with one attached hydrogen (secondary N) is 1. The van der Waals surface area contributed by atoms with Crippen LogP contribution in [0.25, 0.3) is 10.8 Å². The van der Waals surface area contributed by atoms with Gasteiger partial charge in [-0.15, -0.1) is 0 Å². The zero-order valence-electron chi connectivity index (χ0n) is 16.1. The van der Waals surface area contributed by atoms with Gasteiger partial charge < -0.3 is 10.1 Å². The van der Waals surface area contributed by atoms with Gasteiger partial charge in [0.15, 0.2) is 6.61 Å². The smallest absolute Gasteiger partial charge is 0.257 e. The van der Waals surface area contributed by atoms with Gasteiger partial charge in [0.05, 0.1) is 0 Å². The van der Waals surface area contributed by atoms with E-state index < -0.39 is 0 Å². The molecule has 2 aromatic carbocycles. The molecule has 0 saturated heterocycles. The summed E-state index contributed by atoms with van der Waals surface area (Å²) < 4.78 is 5.75. The number of ether oxygens (including phenoxy) is 1. The lowest BCUT2D eigenvalue weighted by Crippen LogP contribution is -2.56. The molecule has 4 aliphatic carbocycles. The van der Waals surface area contributed by atoms with Gasteiger partial charge in [-0.2, -0.15) is 0 Å². The molecule has 27 heavy (non-hydrogen) atoms. The van der Waals surface area contributed by atoms with Crippen LogP contribution in [0.5, 0.6) is 5.75 Å². The fourth-order valence-corrected chi connectivity index (χ4v) is 6.30. The van der Waals surface area contributed by atoms with Crippen LogP contribution >= 0.6 is 0 Å². The molecule has 3 heteroatoms. The third-order valence-corrected chi connectivity index (χ3v) is 7.76. The summed E-state index contributed by atoms with van der Waals surface area (Å²) >= 11 is 0. The molecule has 0 atom stereocenters. The summed E-state index contributed by atoms with van der Waals surface area (Å²) in [6.07, 6.45) is 6.99. The van der Waals surface area contributed by atoms with Crippen molar-refractivity contribution < 1.29 is 9.53 Å². The number of benzene rings is 2. The predicted molar refractivity (Wildman–Crippen MR) is 108 cm³/mol. The summed E-state index contributed by atoms with van der Waals surface area (Å²) in [6, 6.07) is 14.2. The summed E-state index contributed by atoms with van der Waals surface area (Å²) in [5.41, 5.74) is 0.284. The fourth-order valence-electron chi connectivity index (χ4n) is 6.30. The number of amides is 1. The Hall–Kier alpha value is -2.03. The van der Waals surface area contributed by atoms with Crippen molar-refractivity contribution in [2.75, 3.05) is 13.2 Å². The zero-order chi connectivity index (χ0) is 18.4. The third kappa shape index (κ3) is 3.11. The minimum Gasteiger partial charge on any atom is -0.484 e. The van der Waals surface area contributed by atoms with Crippen LogP contribution < -0.4 is 10.1 Å². The van der Waals surface area contributed by atoms with Crippen LogP contribution in [-0.4, -0.2) is 19.1 Å². The lowest BCUT2D eigenvalue weighted by atomic mass is 9.46. The number of fused-ring (bicyclic) bond motifs is 1. The Balaban J connectivity index is 1.17. The Kier molecular flexibility index (Phi) is 4.14. The maximum atomic E-state index is 12.4. The quantitative estimate of drug-likeness (QED) is 0.829. The lowest BCUT2D eigenvalue weighted by molar-refractivity contribution is -0.127. The van der Waals surface area contributed by atoms with Gasteiger partial charge in [-0.3, -0.25) is 4.79 Å². The van der Waals surface area contributed by atoms with Crippen LogP contribution in [0.15, 0.2) is 42.5 Å². The minimum atomic E-state index is -0.00168.